The van der Waals surface area contributed by atoms with E-state index < -0.39 is 0 Å². The number of ether oxygens (including phenoxy) is 1. The lowest BCUT2D eigenvalue weighted by Crippen LogP contribution is -2.34. The van der Waals surface area contributed by atoms with E-state index in [9.17, 15) is 4.79 Å². The van der Waals surface area contributed by atoms with Crippen LogP contribution in [0.5, 0.6) is 0 Å². The molecule has 2 rings (SSSR count). The molecule has 1 aromatic carbocycles. The van der Waals surface area contributed by atoms with Crippen molar-refractivity contribution in [1.82, 2.24) is 4.90 Å². The standard InChI is InChI=1S/C15H22N2O2/c1-3-8-17-14(18)9-13(16)15(17)12-7-5-4-6-11(12)10-19-2/h4-7,13,15H,3,8-10,16H2,1-2H3. The van der Waals surface area contributed by atoms with Crippen molar-refractivity contribution >= 4 is 5.91 Å². The molecule has 1 heterocycles. The Morgan fingerprint density at radius 1 is 1.42 bits per heavy atom. The van der Waals surface area contributed by atoms with Gasteiger partial charge >= 0.3 is 0 Å². The lowest BCUT2D eigenvalue weighted by Gasteiger charge is -2.28. The summed E-state index contributed by atoms with van der Waals surface area (Å²) < 4.78 is 5.24. The highest BCUT2D eigenvalue weighted by molar-refractivity contribution is 5.80. The van der Waals surface area contributed by atoms with Crippen LogP contribution in [0.3, 0.4) is 0 Å². The van der Waals surface area contributed by atoms with Crippen molar-refractivity contribution in [2.24, 2.45) is 5.73 Å². The highest BCUT2D eigenvalue weighted by atomic mass is 16.5. The maximum atomic E-state index is 12.0. The summed E-state index contributed by atoms with van der Waals surface area (Å²) in [5.41, 5.74) is 8.42. The Morgan fingerprint density at radius 2 is 2.16 bits per heavy atom. The quantitative estimate of drug-likeness (QED) is 0.881. The number of carbonyl (C=O) groups excluding carboxylic acids is 1. The molecule has 0 radical (unpaired) electrons. The number of likely N-dealkylation sites (tertiary alicyclic amines) is 1. The smallest absolute Gasteiger partial charge is 0.224 e. The highest BCUT2D eigenvalue weighted by Gasteiger charge is 2.38. The van der Waals surface area contributed by atoms with Crippen molar-refractivity contribution in [2.45, 2.75) is 38.5 Å². The van der Waals surface area contributed by atoms with Gasteiger partial charge in [-0.25, -0.2) is 0 Å². The van der Waals surface area contributed by atoms with E-state index >= 15 is 0 Å². The van der Waals surface area contributed by atoms with Crippen LogP contribution < -0.4 is 5.73 Å². The minimum Gasteiger partial charge on any atom is -0.380 e. The Hall–Kier alpha value is -1.39. The van der Waals surface area contributed by atoms with Crippen molar-refractivity contribution in [3.63, 3.8) is 0 Å². The molecule has 2 unspecified atom stereocenters. The van der Waals surface area contributed by atoms with Gasteiger partial charge in [0.15, 0.2) is 0 Å². The molecule has 0 bridgehead atoms. The summed E-state index contributed by atoms with van der Waals surface area (Å²) in [7, 11) is 1.68. The average Bonchev–Trinajstić information content (AvgIpc) is 2.66. The summed E-state index contributed by atoms with van der Waals surface area (Å²) in [6, 6.07) is 7.94. The zero-order chi connectivity index (χ0) is 13.8. The number of carbonyl (C=O) groups is 1. The predicted octanol–water partition coefficient (Wildman–Crippen LogP) is 1.84. The minimum absolute atomic E-state index is 0.0150. The summed E-state index contributed by atoms with van der Waals surface area (Å²) >= 11 is 0. The largest absolute Gasteiger partial charge is 0.380 e. The Bertz CT molecular complexity index is 448. The predicted molar refractivity (Wildman–Crippen MR) is 74.5 cm³/mol. The molecule has 2 atom stereocenters. The Kier molecular flexibility index (Phi) is 4.56. The first kappa shape index (κ1) is 14.0. The summed E-state index contributed by atoms with van der Waals surface area (Å²) in [6.45, 7) is 3.39. The molecule has 1 saturated heterocycles. The Balaban J connectivity index is 2.35. The lowest BCUT2D eigenvalue weighted by atomic mass is 9.96. The number of rotatable bonds is 5. The molecule has 0 aliphatic carbocycles. The zero-order valence-corrected chi connectivity index (χ0v) is 11.6. The molecular weight excluding hydrogens is 240 g/mol. The summed E-state index contributed by atoms with van der Waals surface area (Å²) in [5.74, 6) is 0.159. The third-order valence-corrected chi connectivity index (χ3v) is 3.61. The van der Waals surface area contributed by atoms with Crippen LogP contribution in [0.2, 0.25) is 0 Å². The van der Waals surface area contributed by atoms with E-state index in [0.29, 0.717) is 13.0 Å². The first-order valence-electron chi connectivity index (χ1n) is 6.80. The van der Waals surface area contributed by atoms with Gasteiger partial charge in [0, 0.05) is 26.1 Å². The maximum absolute atomic E-state index is 12.0. The number of nitrogens with zero attached hydrogens (tertiary/aromatic N) is 1. The molecule has 1 aromatic rings. The topological polar surface area (TPSA) is 55.6 Å². The third kappa shape index (κ3) is 2.80. The van der Waals surface area contributed by atoms with Gasteiger partial charge in [-0.2, -0.15) is 0 Å². The van der Waals surface area contributed by atoms with Gasteiger partial charge in [0.25, 0.3) is 0 Å². The van der Waals surface area contributed by atoms with Crippen molar-refractivity contribution < 1.29 is 9.53 Å². The van der Waals surface area contributed by atoms with E-state index in [1.807, 2.05) is 23.1 Å². The SMILES string of the molecule is CCCN1C(=O)CC(N)C1c1ccccc1COC. The normalized spacial score (nSPS) is 23.1. The first-order chi connectivity index (χ1) is 9.19. The van der Waals surface area contributed by atoms with E-state index in [4.69, 9.17) is 10.5 Å². The minimum atomic E-state index is -0.128. The Labute approximate surface area is 114 Å². The fourth-order valence-corrected chi connectivity index (χ4v) is 2.83. The van der Waals surface area contributed by atoms with Crippen molar-refractivity contribution in [1.29, 1.82) is 0 Å². The molecule has 0 aromatic heterocycles. The maximum Gasteiger partial charge on any atom is 0.224 e. The second-order valence-electron chi connectivity index (χ2n) is 5.03. The molecule has 4 heteroatoms. The Morgan fingerprint density at radius 3 is 2.84 bits per heavy atom. The summed E-state index contributed by atoms with van der Waals surface area (Å²) in [6.07, 6.45) is 1.38. The fraction of sp³-hybridized carbons (Fsp3) is 0.533. The molecule has 1 aliphatic rings. The second-order valence-corrected chi connectivity index (χ2v) is 5.03. The summed E-state index contributed by atoms with van der Waals surface area (Å²) in [5, 5.41) is 0. The lowest BCUT2D eigenvalue weighted by molar-refractivity contribution is -0.129. The van der Waals surface area contributed by atoms with Gasteiger partial charge in [-0.3, -0.25) is 4.79 Å². The van der Waals surface area contributed by atoms with Crippen LogP contribution in [-0.2, 0) is 16.1 Å². The molecular formula is C15H22N2O2. The van der Waals surface area contributed by atoms with E-state index in [2.05, 4.69) is 13.0 Å². The fourth-order valence-electron chi connectivity index (χ4n) is 2.83. The molecule has 1 amide bonds. The van der Waals surface area contributed by atoms with Gasteiger partial charge in [0.2, 0.25) is 5.91 Å². The molecule has 2 N–H and O–H groups in total. The molecule has 1 fully saturated rings. The third-order valence-electron chi connectivity index (χ3n) is 3.61. The van der Waals surface area contributed by atoms with Crippen molar-refractivity contribution in [2.75, 3.05) is 13.7 Å². The van der Waals surface area contributed by atoms with Crippen molar-refractivity contribution in [3.05, 3.63) is 35.4 Å². The van der Waals surface area contributed by atoms with E-state index in [-0.39, 0.29) is 18.0 Å². The molecule has 1 aliphatic heterocycles. The van der Waals surface area contributed by atoms with Gasteiger partial charge in [0.1, 0.15) is 0 Å². The second kappa shape index (κ2) is 6.17. The van der Waals surface area contributed by atoms with Crippen LogP contribution in [-0.4, -0.2) is 30.5 Å². The first-order valence-corrected chi connectivity index (χ1v) is 6.80. The van der Waals surface area contributed by atoms with E-state index in [1.165, 1.54) is 0 Å². The van der Waals surface area contributed by atoms with Gasteiger partial charge in [-0.05, 0) is 17.5 Å². The van der Waals surface area contributed by atoms with Gasteiger partial charge in [-0.1, -0.05) is 31.2 Å². The number of hydrogen-bond donors (Lipinski definition) is 1. The number of amides is 1. The van der Waals surface area contributed by atoms with Crippen LogP contribution in [0.15, 0.2) is 24.3 Å². The molecule has 4 nitrogen and oxygen atoms in total. The van der Waals surface area contributed by atoms with Gasteiger partial charge < -0.3 is 15.4 Å². The number of methoxy groups -OCH3 is 1. The van der Waals surface area contributed by atoms with Crippen LogP contribution in [0.4, 0.5) is 0 Å². The average molecular weight is 262 g/mol. The highest BCUT2D eigenvalue weighted by Crippen LogP contribution is 2.34. The van der Waals surface area contributed by atoms with Crippen molar-refractivity contribution in [3.8, 4) is 0 Å². The molecule has 104 valence electrons. The van der Waals surface area contributed by atoms with Gasteiger partial charge in [0.05, 0.1) is 12.6 Å². The van der Waals surface area contributed by atoms with E-state index in [1.54, 1.807) is 7.11 Å². The van der Waals surface area contributed by atoms with Gasteiger partial charge in [-0.15, -0.1) is 0 Å². The number of benzene rings is 1. The summed E-state index contributed by atoms with van der Waals surface area (Å²) in [4.78, 5) is 14.0. The van der Waals surface area contributed by atoms with Crippen LogP contribution >= 0.6 is 0 Å². The molecule has 19 heavy (non-hydrogen) atoms. The number of nitrogens with two attached hydrogens (primary N) is 1. The van der Waals surface area contributed by atoms with Crippen LogP contribution in [0.25, 0.3) is 0 Å². The van der Waals surface area contributed by atoms with Crippen LogP contribution in [0.1, 0.15) is 36.9 Å². The molecule has 0 saturated carbocycles. The monoisotopic (exact) mass is 262 g/mol. The zero-order valence-electron chi connectivity index (χ0n) is 11.6. The molecule has 0 spiro atoms. The van der Waals surface area contributed by atoms with E-state index in [0.717, 1.165) is 24.1 Å². The number of hydrogen-bond acceptors (Lipinski definition) is 3. The van der Waals surface area contributed by atoms with Crippen LogP contribution in [0, 0.1) is 0 Å².